The maximum absolute atomic E-state index is 2.67. The smallest absolute Gasteiger partial charge is 0.0498 e. The molecule has 0 aromatic carbocycles. The van der Waals surface area contributed by atoms with E-state index in [-0.39, 0.29) is 0 Å². The lowest BCUT2D eigenvalue weighted by atomic mass is 10.4. The summed E-state index contributed by atoms with van der Waals surface area (Å²) in [4.78, 5) is 10.4. The third-order valence-electron chi connectivity index (χ3n) is 6.36. The van der Waals surface area contributed by atoms with Crippen LogP contribution in [-0.2, 0) is 0 Å². The van der Waals surface area contributed by atoms with Gasteiger partial charge in [-0.15, -0.1) is 0 Å². The molecule has 164 valence electrons. The highest BCUT2D eigenvalue weighted by atomic mass is 28.3. The van der Waals surface area contributed by atoms with Crippen molar-refractivity contribution in [3.8, 4) is 0 Å². The van der Waals surface area contributed by atoms with Gasteiger partial charge in [-0.1, -0.05) is 54.6 Å². The first kappa shape index (κ1) is 27.1. The predicted molar refractivity (Wildman–Crippen MR) is 127 cm³/mol. The average Bonchev–Trinajstić information content (AvgIpc) is 2.67. The van der Waals surface area contributed by atoms with Gasteiger partial charge in [-0.05, 0) is 64.4 Å². The van der Waals surface area contributed by atoms with Crippen molar-refractivity contribution in [1.82, 2.24) is 19.6 Å². The zero-order chi connectivity index (χ0) is 20.7. The van der Waals surface area contributed by atoms with Crippen molar-refractivity contribution in [3.63, 3.8) is 0 Å². The number of nitrogens with zero attached hydrogens (tertiary/aromatic N) is 4. The summed E-state index contributed by atoms with van der Waals surface area (Å²) in [7, 11) is -1.12. The zero-order valence-electron chi connectivity index (χ0n) is 20.2. The van der Waals surface area contributed by atoms with Crippen molar-refractivity contribution in [1.29, 1.82) is 0 Å². The lowest BCUT2D eigenvalue weighted by Crippen LogP contribution is -2.41. The van der Waals surface area contributed by atoms with Gasteiger partial charge in [-0.25, -0.2) is 0 Å². The second kappa shape index (κ2) is 15.9. The molecule has 0 unspecified atom stereocenters. The van der Waals surface area contributed by atoms with Gasteiger partial charge in [0.15, 0.2) is 0 Å². The first-order chi connectivity index (χ1) is 12.8. The molecule has 0 aliphatic heterocycles. The third-order valence-corrected chi connectivity index (χ3v) is 9.51. The molecule has 0 bridgehead atoms. The number of likely N-dealkylation sites (N-methyl/N-ethyl adjacent to an activating group) is 4. The minimum absolute atomic E-state index is 1.12. The summed E-state index contributed by atoms with van der Waals surface area (Å²) in [5.41, 5.74) is 0. The van der Waals surface area contributed by atoms with Crippen LogP contribution < -0.4 is 0 Å². The summed E-state index contributed by atoms with van der Waals surface area (Å²) in [6.45, 7) is 33.5. The van der Waals surface area contributed by atoms with Gasteiger partial charge in [0.2, 0.25) is 0 Å². The van der Waals surface area contributed by atoms with Crippen LogP contribution >= 0.6 is 0 Å². The van der Waals surface area contributed by atoms with Crippen LogP contribution in [0.2, 0.25) is 25.2 Å². The highest BCUT2D eigenvalue weighted by Crippen LogP contribution is 2.17. The molecular formula is C22H52N4Si. The summed E-state index contributed by atoms with van der Waals surface area (Å²) in [6, 6.07) is 2.87. The second-order valence-electron chi connectivity index (χ2n) is 8.59. The quantitative estimate of drug-likeness (QED) is 0.322. The Bertz CT molecular complexity index is 300. The number of rotatable bonds is 18. The van der Waals surface area contributed by atoms with E-state index in [1.165, 1.54) is 90.6 Å². The number of hydrogen-bond acceptors (Lipinski definition) is 4. The van der Waals surface area contributed by atoms with Crippen LogP contribution in [0.25, 0.3) is 0 Å². The molecule has 5 heteroatoms. The van der Waals surface area contributed by atoms with E-state index in [0.29, 0.717) is 0 Å². The van der Waals surface area contributed by atoms with E-state index < -0.39 is 8.07 Å². The van der Waals surface area contributed by atoms with Crippen molar-refractivity contribution in [2.24, 2.45) is 0 Å². The van der Waals surface area contributed by atoms with E-state index >= 15 is 0 Å². The van der Waals surface area contributed by atoms with Crippen LogP contribution in [0.5, 0.6) is 0 Å². The van der Waals surface area contributed by atoms with Crippen LogP contribution in [-0.4, -0.2) is 106 Å². The Morgan fingerprint density at radius 2 is 0.667 bits per heavy atom. The molecule has 0 amide bonds. The van der Waals surface area contributed by atoms with E-state index in [4.69, 9.17) is 0 Å². The maximum atomic E-state index is 2.67. The summed E-state index contributed by atoms with van der Waals surface area (Å²) in [5.74, 6) is 0. The summed E-state index contributed by atoms with van der Waals surface area (Å²) < 4.78 is 0. The van der Waals surface area contributed by atoms with Crippen LogP contribution in [0.3, 0.4) is 0 Å². The molecular weight excluding hydrogens is 348 g/mol. The first-order valence-electron chi connectivity index (χ1n) is 11.7. The highest BCUT2D eigenvalue weighted by Gasteiger charge is 2.22. The summed E-state index contributed by atoms with van der Waals surface area (Å²) >= 11 is 0. The molecule has 0 aromatic rings. The molecule has 0 saturated heterocycles. The normalized spacial score (nSPS) is 12.9. The lowest BCUT2D eigenvalue weighted by molar-refractivity contribution is 0.224. The Labute approximate surface area is 173 Å². The fourth-order valence-corrected chi connectivity index (χ4v) is 5.64. The zero-order valence-corrected chi connectivity index (χ0v) is 21.2. The van der Waals surface area contributed by atoms with Crippen molar-refractivity contribution >= 4 is 8.07 Å². The van der Waals surface area contributed by atoms with Crippen LogP contribution in [0, 0.1) is 0 Å². The molecule has 0 aliphatic rings. The van der Waals surface area contributed by atoms with Gasteiger partial charge in [0.1, 0.15) is 0 Å². The Hall–Kier alpha value is 0.0569. The van der Waals surface area contributed by atoms with Crippen molar-refractivity contribution in [2.75, 3.05) is 78.5 Å². The minimum atomic E-state index is -1.12. The molecule has 0 radical (unpaired) electrons. The van der Waals surface area contributed by atoms with Gasteiger partial charge >= 0.3 is 0 Å². The minimum Gasteiger partial charge on any atom is -0.303 e. The second-order valence-corrected chi connectivity index (χ2v) is 13.9. The maximum Gasteiger partial charge on any atom is 0.0498 e. The molecule has 27 heavy (non-hydrogen) atoms. The molecule has 4 nitrogen and oxygen atoms in total. The standard InChI is InChI=1S/C22H52N4Si/c1-9-23(10-2)15-17-25(13-5)19-21-27(7,8)22-20-26(14-6)18-16-24(11-3)12-4/h9-22H2,1-8H3. The van der Waals surface area contributed by atoms with Crippen LogP contribution in [0.1, 0.15) is 41.5 Å². The van der Waals surface area contributed by atoms with Gasteiger partial charge < -0.3 is 19.6 Å². The molecule has 0 saturated carbocycles. The summed E-state index contributed by atoms with van der Waals surface area (Å²) in [5, 5.41) is 0. The molecule has 0 aromatic heterocycles. The molecule has 0 N–H and O–H groups in total. The monoisotopic (exact) mass is 400 g/mol. The first-order valence-corrected chi connectivity index (χ1v) is 15.2. The lowest BCUT2D eigenvalue weighted by Gasteiger charge is -2.31. The Kier molecular flexibility index (Phi) is 16.0. The average molecular weight is 401 g/mol. The van der Waals surface area contributed by atoms with E-state index in [0.717, 1.165) is 0 Å². The van der Waals surface area contributed by atoms with Gasteiger partial charge in [-0.3, -0.25) is 0 Å². The Morgan fingerprint density at radius 1 is 0.407 bits per heavy atom. The number of hydrogen-bond donors (Lipinski definition) is 0. The SMILES string of the molecule is CCN(CC)CCN(CC)CC[Si](C)(C)CCN(CC)CCN(CC)CC. The van der Waals surface area contributed by atoms with Gasteiger partial charge in [0, 0.05) is 34.3 Å². The Balaban J connectivity index is 4.27. The molecule has 0 rings (SSSR count). The Morgan fingerprint density at radius 3 is 0.926 bits per heavy atom. The van der Waals surface area contributed by atoms with E-state index in [2.05, 4.69) is 74.2 Å². The largest absolute Gasteiger partial charge is 0.303 e. The van der Waals surface area contributed by atoms with Crippen molar-refractivity contribution in [3.05, 3.63) is 0 Å². The highest BCUT2D eigenvalue weighted by molar-refractivity contribution is 6.77. The fourth-order valence-electron chi connectivity index (χ4n) is 3.55. The topological polar surface area (TPSA) is 13.0 Å². The van der Waals surface area contributed by atoms with Crippen molar-refractivity contribution < 1.29 is 0 Å². The fraction of sp³-hybridized carbons (Fsp3) is 1.00. The molecule has 0 fully saturated rings. The molecule has 0 heterocycles. The van der Waals surface area contributed by atoms with Crippen LogP contribution in [0.15, 0.2) is 0 Å². The van der Waals surface area contributed by atoms with Crippen LogP contribution in [0.4, 0.5) is 0 Å². The molecule has 0 spiro atoms. The van der Waals surface area contributed by atoms with E-state index in [1.54, 1.807) is 0 Å². The van der Waals surface area contributed by atoms with E-state index in [9.17, 15) is 0 Å². The molecule has 0 aliphatic carbocycles. The van der Waals surface area contributed by atoms with Crippen molar-refractivity contribution in [2.45, 2.75) is 66.7 Å². The van der Waals surface area contributed by atoms with E-state index in [1.807, 2.05) is 0 Å². The third kappa shape index (κ3) is 13.0. The predicted octanol–water partition coefficient (Wildman–Crippen LogP) is 4.02. The molecule has 0 atom stereocenters. The van der Waals surface area contributed by atoms with Gasteiger partial charge in [-0.2, -0.15) is 0 Å². The van der Waals surface area contributed by atoms with Gasteiger partial charge in [0.25, 0.3) is 0 Å². The van der Waals surface area contributed by atoms with Gasteiger partial charge in [0.05, 0.1) is 0 Å². The summed E-state index contributed by atoms with van der Waals surface area (Å²) in [6.07, 6.45) is 0.